The van der Waals surface area contributed by atoms with Crippen molar-refractivity contribution in [2.45, 2.75) is 44.9 Å². The van der Waals surface area contributed by atoms with Crippen molar-refractivity contribution in [2.75, 3.05) is 5.32 Å². The van der Waals surface area contributed by atoms with Crippen molar-refractivity contribution in [1.82, 2.24) is 28.7 Å². The molecule has 0 aromatic carbocycles. The average Bonchev–Trinajstić information content (AvgIpc) is 3.30. The Kier molecular flexibility index (Phi) is 5.85. The summed E-state index contributed by atoms with van der Waals surface area (Å²) in [5, 5.41) is 4.40. The second kappa shape index (κ2) is 8.72. The molecule has 198 valence electrons. The Balaban J connectivity index is 1.47. The molecule has 0 radical (unpaired) electrons. The van der Waals surface area contributed by atoms with Crippen molar-refractivity contribution in [1.29, 1.82) is 0 Å². The summed E-state index contributed by atoms with van der Waals surface area (Å²) in [6.07, 6.45) is -1.25. The zero-order valence-corrected chi connectivity index (χ0v) is 21.1. The molecular formula is C23H20F3N7O4S. The van der Waals surface area contributed by atoms with E-state index in [1.54, 1.807) is 0 Å². The fourth-order valence-electron chi connectivity index (χ4n) is 4.29. The number of thiazole rings is 1. The molecule has 11 nitrogen and oxygen atoms in total. The minimum absolute atomic E-state index is 0.00498. The number of aromatic nitrogens is 6. The molecule has 0 saturated heterocycles. The lowest BCUT2D eigenvalue weighted by molar-refractivity contribution is -0.138. The molecule has 1 amide bonds. The number of aryl methyl sites for hydroxylation is 2. The molecule has 1 aliphatic rings. The number of carbonyl (C=O) groups is 2. The number of ketones is 1. The summed E-state index contributed by atoms with van der Waals surface area (Å²) < 4.78 is 43.2. The van der Waals surface area contributed by atoms with Crippen molar-refractivity contribution in [3.8, 4) is 10.6 Å². The van der Waals surface area contributed by atoms with Crippen LogP contribution in [0, 0.1) is 6.92 Å². The van der Waals surface area contributed by atoms with Crippen LogP contribution in [0.15, 0.2) is 33.6 Å². The minimum Gasteiger partial charge on any atom is -0.309 e. The minimum atomic E-state index is -4.57. The molecule has 15 heteroatoms. The zero-order chi connectivity index (χ0) is 27.6. The number of amides is 1. The number of halogens is 3. The fraction of sp³-hybridized carbons (Fsp3) is 0.348. The van der Waals surface area contributed by atoms with Gasteiger partial charge in [-0.05, 0) is 32.8 Å². The van der Waals surface area contributed by atoms with Gasteiger partial charge in [-0.2, -0.15) is 13.2 Å². The second-order valence-electron chi connectivity index (χ2n) is 9.10. The molecule has 0 bridgehead atoms. The number of nitrogens with one attached hydrogen (secondary N) is 1. The summed E-state index contributed by atoms with van der Waals surface area (Å²) in [4.78, 5) is 63.0. The number of rotatable bonds is 6. The first-order valence-corrected chi connectivity index (χ1v) is 12.2. The summed E-state index contributed by atoms with van der Waals surface area (Å²) in [5.74, 6) is -0.766. The van der Waals surface area contributed by atoms with Gasteiger partial charge in [0.2, 0.25) is 0 Å². The first-order chi connectivity index (χ1) is 17.8. The lowest BCUT2D eigenvalue weighted by Crippen LogP contribution is -2.42. The summed E-state index contributed by atoms with van der Waals surface area (Å²) >= 11 is 1.04. The topological polar surface area (TPSA) is 134 Å². The van der Waals surface area contributed by atoms with Crippen LogP contribution in [-0.4, -0.2) is 40.3 Å². The third-order valence-electron chi connectivity index (χ3n) is 6.40. The van der Waals surface area contributed by atoms with Gasteiger partial charge in [0.15, 0.2) is 11.2 Å². The molecule has 38 heavy (non-hydrogen) atoms. The predicted molar refractivity (Wildman–Crippen MR) is 131 cm³/mol. The largest absolute Gasteiger partial charge is 0.418 e. The Labute approximate surface area is 215 Å². The number of nitrogens with zero attached hydrogens (tertiary/aromatic N) is 6. The van der Waals surface area contributed by atoms with Crippen LogP contribution in [0.1, 0.15) is 31.0 Å². The third-order valence-corrected chi connectivity index (χ3v) is 7.30. The van der Waals surface area contributed by atoms with E-state index in [0.717, 1.165) is 26.5 Å². The van der Waals surface area contributed by atoms with E-state index < -0.39 is 41.0 Å². The Morgan fingerprint density at radius 2 is 1.92 bits per heavy atom. The van der Waals surface area contributed by atoms with Crippen molar-refractivity contribution in [3.63, 3.8) is 0 Å². The van der Waals surface area contributed by atoms with Crippen LogP contribution in [0.25, 0.3) is 21.7 Å². The maximum Gasteiger partial charge on any atom is 0.418 e. The van der Waals surface area contributed by atoms with Crippen LogP contribution >= 0.6 is 11.3 Å². The van der Waals surface area contributed by atoms with Crippen LogP contribution < -0.4 is 16.6 Å². The van der Waals surface area contributed by atoms with Gasteiger partial charge >= 0.3 is 11.9 Å². The van der Waals surface area contributed by atoms with Gasteiger partial charge < -0.3 is 9.88 Å². The molecule has 5 rings (SSSR count). The molecular weight excluding hydrogens is 527 g/mol. The van der Waals surface area contributed by atoms with E-state index in [1.165, 1.54) is 43.4 Å². The van der Waals surface area contributed by atoms with Crippen LogP contribution in [0.3, 0.4) is 0 Å². The van der Waals surface area contributed by atoms with E-state index in [9.17, 15) is 32.3 Å². The van der Waals surface area contributed by atoms with Gasteiger partial charge in [-0.1, -0.05) is 0 Å². The van der Waals surface area contributed by atoms with Crippen molar-refractivity contribution in [3.05, 3.63) is 56.1 Å². The zero-order valence-electron chi connectivity index (χ0n) is 20.3. The van der Waals surface area contributed by atoms with Gasteiger partial charge in [0.25, 0.3) is 11.5 Å². The first-order valence-electron chi connectivity index (χ1n) is 11.3. The Hall–Kier alpha value is -4.14. The van der Waals surface area contributed by atoms with E-state index in [1.807, 2.05) is 0 Å². The van der Waals surface area contributed by atoms with Crippen molar-refractivity contribution in [2.24, 2.45) is 7.05 Å². The molecule has 1 aliphatic carbocycles. The van der Waals surface area contributed by atoms with Crippen LogP contribution in [0.5, 0.6) is 0 Å². The van der Waals surface area contributed by atoms with E-state index >= 15 is 0 Å². The lowest BCUT2D eigenvalue weighted by Gasteiger charge is -2.17. The number of alkyl halides is 3. The molecule has 0 spiro atoms. The first kappa shape index (κ1) is 25.5. The number of Topliss-reactive ketones (excluding diaryl/α,β-unsaturated/α-hetero) is 1. The highest BCUT2D eigenvalue weighted by Crippen LogP contribution is 2.45. The van der Waals surface area contributed by atoms with Crippen LogP contribution in [0.4, 0.5) is 19.0 Å². The highest BCUT2D eigenvalue weighted by molar-refractivity contribution is 7.13. The third kappa shape index (κ3) is 4.12. The Morgan fingerprint density at radius 3 is 2.55 bits per heavy atom. The average molecular weight is 548 g/mol. The van der Waals surface area contributed by atoms with Gasteiger partial charge in [-0.15, -0.1) is 11.3 Å². The van der Waals surface area contributed by atoms with Gasteiger partial charge in [0.1, 0.15) is 22.1 Å². The van der Waals surface area contributed by atoms with E-state index in [4.69, 9.17) is 0 Å². The van der Waals surface area contributed by atoms with Gasteiger partial charge in [-0.3, -0.25) is 28.5 Å². The van der Waals surface area contributed by atoms with Crippen molar-refractivity contribution < 1.29 is 22.8 Å². The molecule has 0 atom stereocenters. The van der Waals surface area contributed by atoms with Crippen molar-refractivity contribution >= 4 is 40.0 Å². The summed E-state index contributed by atoms with van der Waals surface area (Å²) in [6, 6.07) is 0.961. The molecule has 4 aromatic rings. The molecule has 0 unspecified atom stereocenters. The lowest BCUT2D eigenvalue weighted by atomic mass is 10.1. The summed E-state index contributed by atoms with van der Waals surface area (Å²) in [6.45, 7) is 2.10. The van der Waals surface area contributed by atoms with E-state index in [2.05, 4.69) is 20.3 Å². The van der Waals surface area contributed by atoms with Gasteiger partial charge in [-0.25, -0.2) is 14.8 Å². The summed E-state index contributed by atoms with van der Waals surface area (Å²) in [7, 11) is 1.42. The Morgan fingerprint density at radius 1 is 1.21 bits per heavy atom. The molecule has 1 saturated carbocycles. The number of hydrogen-bond acceptors (Lipinski definition) is 8. The molecule has 1 fully saturated rings. The molecule has 4 heterocycles. The quantitative estimate of drug-likeness (QED) is 0.392. The molecule has 1 N–H and O–H groups in total. The number of fused-ring (bicyclic) bond motifs is 1. The maximum absolute atomic E-state index is 13.4. The summed E-state index contributed by atoms with van der Waals surface area (Å²) in [5.41, 5.74) is -3.42. The molecule has 0 aliphatic heterocycles. The monoisotopic (exact) mass is 547 g/mol. The second-order valence-corrected chi connectivity index (χ2v) is 9.96. The standard InChI is InChI=1S/C23H20F3N7O4S/c1-11(34)8-32-19(35)16-17(31(3)21(32)37)28-10-33(16)22(4-5-22)20(36)30-15-9-38-18(29-15)13-6-14(23(24,25)26)12(2)27-7-13/h6-7,9-10H,4-5,8H2,1-3H3,(H,30,36). The highest BCUT2D eigenvalue weighted by Gasteiger charge is 2.53. The molecule has 4 aromatic heterocycles. The predicted octanol–water partition coefficient (Wildman–Crippen LogP) is 2.46. The number of pyridine rings is 1. The van der Waals surface area contributed by atoms with Gasteiger partial charge in [0.05, 0.1) is 18.4 Å². The van der Waals surface area contributed by atoms with E-state index in [-0.39, 0.29) is 39.0 Å². The SMILES string of the molecule is CC(=O)Cn1c(=O)c2c(ncn2C2(C(=O)Nc3csc(-c4cnc(C)c(C(F)(F)F)c4)n3)CC2)n(C)c1=O. The fourth-order valence-corrected chi connectivity index (χ4v) is 5.02. The normalized spacial score (nSPS) is 14.6. The highest BCUT2D eigenvalue weighted by atomic mass is 32.1. The number of anilines is 1. The van der Waals surface area contributed by atoms with Gasteiger partial charge in [0, 0.05) is 29.9 Å². The number of imidazole rings is 1. The van der Waals surface area contributed by atoms with E-state index in [0.29, 0.717) is 12.8 Å². The number of hydrogen-bond donors (Lipinski definition) is 1. The van der Waals surface area contributed by atoms with Crippen LogP contribution in [0.2, 0.25) is 0 Å². The maximum atomic E-state index is 13.4. The smallest absolute Gasteiger partial charge is 0.309 e. The van der Waals surface area contributed by atoms with Crippen LogP contribution in [-0.2, 0) is 34.9 Å². The Bertz CT molecular complexity index is 1740. The number of carbonyl (C=O) groups excluding carboxylic acids is 2.